The van der Waals surface area contributed by atoms with E-state index >= 15 is 0 Å². The molecule has 0 aromatic heterocycles. The average molecular weight is 325 g/mol. The van der Waals surface area contributed by atoms with Gasteiger partial charge in [0.1, 0.15) is 6.61 Å². The first kappa shape index (κ1) is 17.0. The molecular formula is C15H16FNO6. The fourth-order valence-electron chi connectivity index (χ4n) is 2.18. The molecule has 2 amide bonds. The summed E-state index contributed by atoms with van der Waals surface area (Å²) in [5.41, 5.74) is 0.256. The maximum atomic E-state index is 14.1. The Balaban J connectivity index is 1.83. The number of aliphatic carboxylic acids is 1. The number of alkyl halides is 1. The molecule has 0 bridgehead atoms. The van der Waals surface area contributed by atoms with Gasteiger partial charge in [0.05, 0.1) is 26.4 Å². The number of hydrogen-bond donors (Lipinski definition) is 1. The van der Waals surface area contributed by atoms with E-state index in [1.807, 2.05) is 0 Å². The zero-order valence-corrected chi connectivity index (χ0v) is 12.2. The van der Waals surface area contributed by atoms with Gasteiger partial charge in [0.15, 0.2) is 0 Å². The van der Waals surface area contributed by atoms with Gasteiger partial charge in [0.25, 0.3) is 11.8 Å². The first-order valence-electron chi connectivity index (χ1n) is 6.98. The van der Waals surface area contributed by atoms with E-state index in [0.29, 0.717) is 0 Å². The number of ether oxygens (including phenoxy) is 2. The normalized spacial score (nSPS) is 17.3. The number of amides is 2. The van der Waals surface area contributed by atoms with Crippen molar-refractivity contribution in [3.63, 3.8) is 0 Å². The van der Waals surface area contributed by atoms with Gasteiger partial charge in [-0.15, -0.1) is 0 Å². The van der Waals surface area contributed by atoms with E-state index < -0.39 is 30.6 Å². The SMILES string of the molecule is O=C(O)COCCOCCN1C(=O)c2ccccc2C(F)C1=O. The minimum atomic E-state index is -1.86. The van der Waals surface area contributed by atoms with Gasteiger partial charge in [-0.3, -0.25) is 14.5 Å². The Morgan fingerprint density at radius 1 is 1.17 bits per heavy atom. The topological polar surface area (TPSA) is 93.1 Å². The number of hydrogen-bond acceptors (Lipinski definition) is 5. The molecule has 0 radical (unpaired) electrons. The fourth-order valence-corrected chi connectivity index (χ4v) is 2.18. The summed E-state index contributed by atoms with van der Waals surface area (Å²) >= 11 is 0. The van der Waals surface area contributed by atoms with Crippen molar-refractivity contribution in [2.45, 2.75) is 6.17 Å². The predicted molar refractivity (Wildman–Crippen MR) is 75.6 cm³/mol. The lowest BCUT2D eigenvalue weighted by Crippen LogP contribution is -2.45. The van der Waals surface area contributed by atoms with Gasteiger partial charge in [-0.1, -0.05) is 18.2 Å². The summed E-state index contributed by atoms with van der Waals surface area (Å²) in [7, 11) is 0. The minimum Gasteiger partial charge on any atom is -0.480 e. The summed E-state index contributed by atoms with van der Waals surface area (Å²) < 4.78 is 24.0. The number of fused-ring (bicyclic) bond motifs is 1. The number of imide groups is 1. The second-order valence-electron chi connectivity index (χ2n) is 4.80. The van der Waals surface area contributed by atoms with Crippen LogP contribution in [0.3, 0.4) is 0 Å². The number of nitrogens with zero attached hydrogens (tertiary/aromatic N) is 1. The molecule has 2 rings (SSSR count). The molecule has 1 heterocycles. The molecule has 1 atom stereocenters. The van der Waals surface area contributed by atoms with E-state index in [9.17, 15) is 18.8 Å². The van der Waals surface area contributed by atoms with Crippen LogP contribution in [0.1, 0.15) is 22.1 Å². The van der Waals surface area contributed by atoms with E-state index in [0.717, 1.165) is 4.90 Å². The fraction of sp³-hybridized carbons (Fsp3) is 0.400. The van der Waals surface area contributed by atoms with Crippen LogP contribution in [0.5, 0.6) is 0 Å². The third kappa shape index (κ3) is 4.11. The number of rotatable bonds is 8. The number of carbonyl (C=O) groups excluding carboxylic acids is 2. The molecule has 1 aromatic carbocycles. The first-order valence-corrected chi connectivity index (χ1v) is 6.98. The van der Waals surface area contributed by atoms with E-state index in [2.05, 4.69) is 0 Å². The molecule has 124 valence electrons. The second-order valence-corrected chi connectivity index (χ2v) is 4.80. The van der Waals surface area contributed by atoms with Gasteiger partial charge in [0, 0.05) is 11.1 Å². The molecule has 0 spiro atoms. The van der Waals surface area contributed by atoms with Crippen LogP contribution >= 0.6 is 0 Å². The van der Waals surface area contributed by atoms with Crippen molar-refractivity contribution in [1.82, 2.24) is 4.90 Å². The zero-order valence-electron chi connectivity index (χ0n) is 12.2. The van der Waals surface area contributed by atoms with Gasteiger partial charge in [0.2, 0.25) is 6.17 Å². The van der Waals surface area contributed by atoms with Crippen molar-refractivity contribution >= 4 is 17.8 Å². The van der Waals surface area contributed by atoms with Crippen LogP contribution in [0.15, 0.2) is 24.3 Å². The summed E-state index contributed by atoms with van der Waals surface area (Å²) in [4.78, 5) is 35.2. The Morgan fingerprint density at radius 2 is 1.87 bits per heavy atom. The smallest absolute Gasteiger partial charge is 0.329 e. The molecule has 1 aromatic rings. The van der Waals surface area contributed by atoms with Gasteiger partial charge in [-0.05, 0) is 6.07 Å². The van der Waals surface area contributed by atoms with Crippen molar-refractivity contribution in [2.24, 2.45) is 0 Å². The molecule has 0 saturated heterocycles. The van der Waals surface area contributed by atoms with Crippen molar-refractivity contribution in [1.29, 1.82) is 0 Å². The lowest BCUT2D eigenvalue weighted by molar-refractivity contribution is -0.143. The molecule has 0 aliphatic carbocycles. The molecule has 0 fully saturated rings. The molecule has 8 heteroatoms. The quantitative estimate of drug-likeness (QED) is 0.561. The van der Waals surface area contributed by atoms with Crippen LogP contribution in [0.25, 0.3) is 0 Å². The molecule has 1 aliphatic heterocycles. The third-order valence-electron chi connectivity index (χ3n) is 3.25. The van der Waals surface area contributed by atoms with Crippen molar-refractivity contribution < 1.29 is 33.4 Å². The molecular weight excluding hydrogens is 309 g/mol. The summed E-state index contributed by atoms with van der Waals surface area (Å²) in [6, 6.07) is 6.07. The summed E-state index contributed by atoms with van der Waals surface area (Å²) in [6.45, 7) is -0.303. The highest BCUT2D eigenvalue weighted by molar-refractivity contribution is 6.10. The Morgan fingerprint density at radius 3 is 2.61 bits per heavy atom. The van der Waals surface area contributed by atoms with E-state index in [-0.39, 0.29) is 37.5 Å². The van der Waals surface area contributed by atoms with Crippen molar-refractivity contribution in [3.05, 3.63) is 35.4 Å². The van der Waals surface area contributed by atoms with Gasteiger partial charge >= 0.3 is 5.97 Å². The minimum absolute atomic E-state index is 0.0167. The first-order chi connectivity index (χ1) is 11.0. The Labute approximate surface area is 131 Å². The lowest BCUT2D eigenvalue weighted by Gasteiger charge is -2.28. The Kier molecular flexibility index (Phi) is 5.78. The van der Waals surface area contributed by atoms with Crippen LogP contribution in [0, 0.1) is 0 Å². The average Bonchev–Trinajstić information content (AvgIpc) is 2.54. The summed E-state index contributed by atoms with van der Waals surface area (Å²) in [5.74, 6) is -2.54. The van der Waals surface area contributed by atoms with Crippen molar-refractivity contribution in [3.8, 4) is 0 Å². The standard InChI is InChI=1S/C15H16FNO6/c16-13-10-3-1-2-4-11(10)14(20)17(15(13)21)5-6-22-7-8-23-9-12(18)19/h1-4,13H,5-9H2,(H,18,19). The largest absolute Gasteiger partial charge is 0.480 e. The van der Waals surface area contributed by atoms with Crippen LogP contribution in [0.2, 0.25) is 0 Å². The molecule has 23 heavy (non-hydrogen) atoms. The van der Waals surface area contributed by atoms with Crippen LogP contribution in [-0.2, 0) is 19.1 Å². The Hall–Kier alpha value is -2.32. The van der Waals surface area contributed by atoms with E-state index in [1.54, 1.807) is 12.1 Å². The van der Waals surface area contributed by atoms with Crippen LogP contribution in [-0.4, -0.2) is 60.8 Å². The highest BCUT2D eigenvalue weighted by Crippen LogP contribution is 2.29. The van der Waals surface area contributed by atoms with E-state index in [4.69, 9.17) is 14.6 Å². The monoisotopic (exact) mass is 325 g/mol. The third-order valence-corrected chi connectivity index (χ3v) is 3.25. The van der Waals surface area contributed by atoms with E-state index in [1.165, 1.54) is 12.1 Å². The van der Waals surface area contributed by atoms with Crippen LogP contribution < -0.4 is 0 Å². The summed E-state index contributed by atoms with van der Waals surface area (Å²) in [6.07, 6.45) is -1.86. The molecule has 1 aliphatic rings. The van der Waals surface area contributed by atoms with Gasteiger partial charge in [-0.25, -0.2) is 9.18 Å². The maximum absolute atomic E-state index is 14.1. The highest BCUT2D eigenvalue weighted by Gasteiger charge is 2.38. The number of benzene rings is 1. The number of carboxylic acid groups (broad SMARTS) is 1. The lowest BCUT2D eigenvalue weighted by atomic mass is 9.97. The highest BCUT2D eigenvalue weighted by atomic mass is 19.1. The maximum Gasteiger partial charge on any atom is 0.329 e. The van der Waals surface area contributed by atoms with Crippen molar-refractivity contribution in [2.75, 3.05) is 33.0 Å². The molecule has 1 N–H and O–H groups in total. The van der Waals surface area contributed by atoms with Crippen LogP contribution in [0.4, 0.5) is 4.39 Å². The Bertz CT molecular complexity index is 605. The number of carboxylic acids is 1. The number of carbonyl (C=O) groups is 3. The molecule has 0 saturated carbocycles. The molecule has 1 unspecified atom stereocenters. The zero-order chi connectivity index (χ0) is 16.8. The summed E-state index contributed by atoms with van der Waals surface area (Å²) in [5, 5.41) is 8.37. The van der Waals surface area contributed by atoms with Gasteiger partial charge in [-0.2, -0.15) is 0 Å². The second kappa shape index (κ2) is 7.80. The van der Waals surface area contributed by atoms with Gasteiger partial charge < -0.3 is 14.6 Å². The molecule has 7 nitrogen and oxygen atoms in total. The predicted octanol–water partition coefficient (Wildman–Crippen LogP) is 0.797. The number of halogens is 1.